The van der Waals surface area contributed by atoms with Crippen LogP contribution in [0.15, 0.2) is 12.1 Å². The molecule has 2 rings (SSSR count). The Bertz CT molecular complexity index is 552. The Hall–Kier alpha value is -1.42. The van der Waals surface area contributed by atoms with Crippen molar-refractivity contribution in [2.75, 3.05) is 0 Å². The molecule has 3 nitrogen and oxygen atoms in total. The smallest absolute Gasteiger partial charge is 0.148 e. The lowest BCUT2D eigenvalue weighted by molar-refractivity contribution is 0.0700. The molecule has 0 saturated heterocycles. The monoisotopic (exact) mass is 236 g/mol. The lowest BCUT2D eigenvalue weighted by atomic mass is 10.0. The maximum Gasteiger partial charge on any atom is 0.148 e. The van der Waals surface area contributed by atoms with Gasteiger partial charge in [-0.2, -0.15) is 0 Å². The molecule has 1 heterocycles. The van der Waals surface area contributed by atoms with E-state index in [0.717, 1.165) is 5.56 Å². The van der Waals surface area contributed by atoms with Crippen molar-refractivity contribution < 1.29 is 9.50 Å². The van der Waals surface area contributed by atoms with Gasteiger partial charge in [0, 0.05) is 0 Å². The molecule has 0 spiro atoms. The summed E-state index contributed by atoms with van der Waals surface area (Å²) in [4.78, 5) is 7.18. The fourth-order valence-electron chi connectivity index (χ4n) is 1.84. The predicted octanol–water partition coefficient (Wildman–Crippen LogP) is 3.05. The van der Waals surface area contributed by atoms with Gasteiger partial charge in [-0.25, -0.2) is 9.37 Å². The maximum absolute atomic E-state index is 13.7. The average molecular weight is 236 g/mol. The first-order valence-corrected chi connectivity index (χ1v) is 5.71. The SMILES string of the molecule is CC(C)c1ccc(F)c2[nH]c(C(C)(C)O)nc12. The number of halogens is 1. The Morgan fingerprint density at radius 1 is 1.35 bits per heavy atom. The first-order valence-electron chi connectivity index (χ1n) is 5.71. The number of hydrogen-bond donors (Lipinski definition) is 2. The molecule has 1 aromatic heterocycles. The largest absolute Gasteiger partial charge is 0.383 e. The minimum Gasteiger partial charge on any atom is -0.383 e. The highest BCUT2D eigenvalue weighted by atomic mass is 19.1. The van der Waals surface area contributed by atoms with Crippen molar-refractivity contribution in [1.82, 2.24) is 9.97 Å². The summed E-state index contributed by atoms with van der Waals surface area (Å²) in [5.74, 6) is 0.308. The highest BCUT2D eigenvalue weighted by Crippen LogP contribution is 2.28. The summed E-state index contributed by atoms with van der Waals surface area (Å²) in [7, 11) is 0. The molecule has 17 heavy (non-hydrogen) atoms. The lowest BCUT2D eigenvalue weighted by Crippen LogP contribution is -2.17. The normalized spacial score (nSPS) is 12.6. The molecule has 0 unspecified atom stereocenters. The third kappa shape index (κ3) is 2.05. The van der Waals surface area contributed by atoms with Crippen LogP contribution < -0.4 is 0 Å². The van der Waals surface area contributed by atoms with Crippen LogP contribution in [0.3, 0.4) is 0 Å². The Morgan fingerprint density at radius 3 is 2.53 bits per heavy atom. The van der Waals surface area contributed by atoms with Crippen LogP contribution in [0.25, 0.3) is 11.0 Å². The molecular weight excluding hydrogens is 219 g/mol. The zero-order chi connectivity index (χ0) is 12.8. The number of hydrogen-bond acceptors (Lipinski definition) is 2. The number of nitrogens with zero attached hydrogens (tertiary/aromatic N) is 1. The van der Waals surface area contributed by atoms with Crippen LogP contribution in [0.2, 0.25) is 0 Å². The molecular formula is C13H17FN2O. The highest BCUT2D eigenvalue weighted by Gasteiger charge is 2.23. The molecule has 0 bridgehead atoms. The van der Waals surface area contributed by atoms with E-state index in [0.29, 0.717) is 16.9 Å². The molecule has 0 aliphatic carbocycles. The van der Waals surface area contributed by atoms with Gasteiger partial charge in [0.15, 0.2) is 0 Å². The highest BCUT2D eigenvalue weighted by molar-refractivity contribution is 5.80. The van der Waals surface area contributed by atoms with Crippen LogP contribution >= 0.6 is 0 Å². The number of imidazole rings is 1. The number of aromatic nitrogens is 2. The molecule has 0 saturated carbocycles. The van der Waals surface area contributed by atoms with E-state index in [1.54, 1.807) is 19.9 Å². The van der Waals surface area contributed by atoms with Crippen molar-refractivity contribution in [2.24, 2.45) is 0 Å². The van der Waals surface area contributed by atoms with Crippen molar-refractivity contribution in [3.63, 3.8) is 0 Å². The van der Waals surface area contributed by atoms with Gasteiger partial charge in [0.05, 0.1) is 5.52 Å². The van der Waals surface area contributed by atoms with Crippen LogP contribution in [0, 0.1) is 5.82 Å². The standard InChI is InChI=1S/C13H17FN2O/c1-7(2)8-5-6-9(14)11-10(8)15-12(16-11)13(3,4)17/h5-7,17H,1-4H3,(H,15,16). The zero-order valence-corrected chi connectivity index (χ0v) is 10.5. The first-order chi connectivity index (χ1) is 7.80. The third-order valence-corrected chi connectivity index (χ3v) is 2.83. The Labute approximate surface area is 99.7 Å². The summed E-state index contributed by atoms with van der Waals surface area (Å²) in [5, 5.41) is 9.89. The number of rotatable bonds is 2. The summed E-state index contributed by atoms with van der Waals surface area (Å²) in [6, 6.07) is 3.18. The van der Waals surface area contributed by atoms with Crippen LogP contribution in [0.4, 0.5) is 4.39 Å². The van der Waals surface area contributed by atoms with Gasteiger partial charge in [0.1, 0.15) is 22.8 Å². The number of benzene rings is 1. The van der Waals surface area contributed by atoms with Gasteiger partial charge in [-0.05, 0) is 31.4 Å². The molecule has 0 aliphatic rings. The van der Waals surface area contributed by atoms with Gasteiger partial charge in [0.25, 0.3) is 0 Å². The summed E-state index contributed by atoms with van der Waals surface area (Å²) >= 11 is 0. The number of aliphatic hydroxyl groups is 1. The third-order valence-electron chi connectivity index (χ3n) is 2.83. The van der Waals surface area contributed by atoms with E-state index in [-0.39, 0.29) is 11.7 Å². The van der Waals surface area contributed by atoms with E-state index in [9.17, 15) is 9.50 Å². The van der Waals surface area contributed by atoms with Crippen molar-refractivity contribution in [1.29, 1.82) is 0 Å². The molecule has 1 aromatic carbocycles. The van der Waals surface area contributed by atoms with E-state index in [1.165, 1.54) is 6.07 Å². The second-order valence-corrected chi connectivity index (χ2v) is 5.16. The number of aromatic amines is 1. The Kier molecular flexibility index (Phi) is 2.70. The Balaban J connectivity index is 2.74. The van der Waals surface area contributed by atoms with Crippen LogP contribution in [-0.4, -0.2) is 15.1 Å². The van der Waals surface area contributed by atoms with E-state index in [1.807, 2.05) is 13.8 Å². The number of nitrogens with one attached hydrogen (secondary N) is 1. The van der Waals surface area contributed by atoms with Crippen LogP contribution in [0.5, 0.6) is 0 Å². The predicted molar refractivity (Wildman–Crippen MR) is 65.4 cm³/mol. The Morgan fingerprint density at radius 2 is 2.00 bits per heavy atom. The summed E-state index contributed by atoms with van der Waals surface area (Å²) in [6.07, 6.45) is 0. The summed E-state index contributed by atoms with van der Waals surface area (Å²) in [6.45, 7) is 7.31. The summed E-state index contributed by atoms with van der Waals surface area (Å²) in [5.41, 5.74) is 0.860. The quantitative estimate of drug-likeness (QED) is 0.842. The minimum absolute atomic E-state index is 0.260. The van der Waals surface area contributed by atoms with Crippen molar-refractivity contribution in [3.05, 3.63) is 29.3 Å². The second-order valence-electron chi connectivity index (χ2n) is 5.16. The van der Waals surface area contributed by atoms with Gasteiger partial charge >= 0.3 is 0 Å². The molecule has 0 amide bonds. The van der Waals surface area contributed by atoms with Crippen molar-refractivity contribution in [2.45, 2.75) is 39.2 Å². The van der Waals surface area contributed by atoms with Crippen LogP contribution in [0.1, 0.15) is 45.0 Å². The fourth-order valence-corrected chi connectivity index (χ4v) is 1.84. The second kappa shape index (κ2) is 3.81. The van der Waals surface area contributed by atoms with Crippen LogP contribution in [-0.2, 0) is 5.60 Å². The van der Waals surface area contributed by atoms with Crippen molar-refractivity contribution >= 4 is 11.0 Å². The molecule has 0 fully saturated rings. The molecule has 0 atom stereocenters. The van der Waals surface area contributed by atoms with Gasteiger partial charge in [-0.15, -0.1) is 0 Å². The van der Waals surface area contributed by atoms with Gasteiger partial charge < -0.3 is 10.1 Å². The maximum atomic E-state index is 13.7. The molecule has 0 radical (unpaired) electrons. The van der Waals surface area contributed by atoms with Gasteiger partial charge in [0.2, 0.25) is 0 Å². The van der Waals surface area contributed by atoms with Crippen molar-refractivity contribution in [3.8, 4) is 0 Å². The lowest BCUT2D eigenvalue weighted by Gasteiger charge is -2.12. The molecule has 4 heteroatoms. The first kappa shape index (κ1) is 12.0. The zero-order valence-electron chi connectivity index (χ0n) is 10.5. The van der Waals surface area contributed by atoms with Gasteiger partial charge in [-0.1, -0.05) is 19.9 Å². The summed E-state index contributed by atoms with van der Waals surface area (Å²) < 4.78 is 13.7. The number of fused-ring (bicyclic) bond motifs is 1. The molecule has 2 N–H and O–H groups in total. The molecule has 2 aromatic rings. The molecule has 92 valence electrons. The minimum atomic E-state index is -1.10. The number of H-pyrrole nitrogens is 1. The topological polar surface area (TPSA) is 48.9 Å². The van der Waals surface area contributed by atoms with E-state index in [4.69, 9.17) is 0 Å². The van der Waals surface area contributed by atoms with Gasteiger partial charge in [-0.3, -0.25) is 0 Å². The molecule has 0 aliphatic heterocycles. The average Bonchev–Trinajstić information content (AvgIpc) is 2.62. The van der Waals surface area contributed by atoms with E-state index < -0.39 is 5.60 Å². The van der Waals surface area contributed by atoms with E-state index in [2.05, 4.69) is 9.97 Å². The van der Waals surface area contributed by atoms with E-state index >= 15 is 0 Å². The fraction of sp³-hybridized carbons (Fsp3) is 0.462.